The van der Waals surface area contributed by atoms with Crippen LogP contribution in [0, 0.1) is 5.41 Å². The number of nitrogens with one attached hydrogen (secondary N) is 2. The van der Waals surface area contributed by atoms with Gasteiger partial charge in [-0.2, -0.15) is 0 Å². The van der Waals surface area contributed by atoms with E-state index in [1.54, 1.807) is 18.0 Å². The molecule has 2 N–H and O–H groups in total. The van der Waals surface area contributed by atoms with Crippen molar-refractivity contribution in [3.05, 3.63) is 41.6 Å². The second kappa shape index (κ2) is 8.69. The topological polar surface area (TPSA) is 61.4 Å². The summed E-state index contributed by atoms with van der Waals surface area (Å²) in [5.74, 6) is -0.0463. The minimum atomic E-state index is -0.237. The average Bonchev–Trinajstić information content (AvgIpc) is 2.61. The second-order valence-electron chi connectivity index (χ2n) is 7.43. The van der Waals surface area contributed by atoms with Crippen molar-refractivity contribution in [2.75, 3.05) is 19.6 Å². The molecule has 0 saturated carbocycles. The van der Waals surface area contributed by atoms with Crippen molar-refractivity contribution in [2.45, 2.75) is 39.2 Å². The Morgan fingerprint density at radius 2 is 1.96 bits per heavy atom. The van der Waals surface area contributed by atoms with E-state index in [-0.39, 0.29) is 42.1 Å². The standard InChI is InChI=1S/C20H27N3O2.ClH/c1-15(24)23-12-7-16-5-3-4-6-17(16)18(23)13-19(25)22-14-20(2)8-10-21-11-9-20;/h3-7,12,18,21H,8-11,13-14H2,1-2H3,(H,22,25);1H. The molecule has 0 spiro atoms. The first-order valence-corrected chi connectivity index (χ1v) is 9.02. The second-order valence-corrected chi connectivity index (χ2v) is 7.43. The highest BCUT2D eigenvalue weighted by Crippen LogP contribution is 2.33. The van der Waals surface area contributed by atoms with Crippen molar-refractivity contribution >= 4 is 30.3 Å². The maximum absolute atomic E-state index is 12.6. The minimum absolute atomic E-state index is 0. The quantitative estimate of drug-likeness (QED) is 0.848. The highest BCUT2D eigenvalue weighted by atomic mass is 35.5. The van der Waals surface area contributed by atoms with E-state index in [9.17, 15) is 9.59 Å². The van der Waals surface area contributed by atoms with E-state index in [4.69, 9.17) is 0 Å². The number of hydrogen-bond acceptors (Lipinski definition) is 3. The average molecular weight is 378 g/mol. The Labute approximate surface area is 161 Å². The molecule has 2 heterocycles. The van der Waals surface area contributed by atoms with Crippen LogP contribution in [0.2, 0.25) is 0 Å². The number of rotatable bonds is 4. The molecule has 1 aromatic rings. The summed E-state index contributed by atoms with van der Waals surface area (Å²) >= 11 is 0. The normalized spacial score (nSPS) is 20.7. The summed E-state index contributed by atoms with van der Waals surface area (Å²) < 4.78 is 0. The summed E-state index contributed by atoms with van der Waals surface area (Å²) in [5, 5.41) is 6.46. The number of amides is 2. The molecule has 1 unspecified atom stereocenters. The van der Waals surface area contributed by atoms with Gasteiger partial charge in [0, 0.05) is 19.7 Å². The van der Waals surface area contributed by atoms with Gasteiger partial charge in [-0.1, -0.05) is 31.2 Å². The molecule has 26 heavy (non-hydrogen) atoms. The number of fused-ring (bicyclic) bond motifs is 1. The van der Waals surface area contributed by atoms with Gasteiger partial charge in [-0.25, -0.2) is 0 Å². The Hall–Kier alpha value is -1.85. The first-order chi connectivity index (χ1) is 12.0. The lowest BCUT2D eigenvalue weighted by Crippen LogP contribution is -2.43. The molecule has 3 rings (SSSR count). The van der Waals surface area contributed by atoms with E-state index in [0.717, 1.165) is 37.1 Å². The summed E-state index contributed by atoms with van der Waals surface area (Å²) in [5.41, 5.74) is 2.26. The monoisotopic (exact) mass is 377 g/mol. The molecule has 142 valence electrons. The molecular formula is C20H28ClN3O2. The predicted molar refractivity (Wildman–Crippen MR) is 106 cm³/mol. The molecule has 1 atom stereocenters. The van der Waals surface area contributed by atoms with Gasteiger partial charge in [-0.3, -0.25) is 9.59 Å². The van der Waals surface area contributed by atoms with Crippen molar-refractivity contribution in [1.82, 2.24) is 15.5 Å². The third-order valence-electron chi connectivity index (χ3n) is 5.37. The van der Waals surface area contributed by atoms with E-state index in [0.29, 0.717) is 6.54 Å². The van der Waals surface area contributed by atoms with E-state index in [2.05, 4.69) is 17.6 Å². The SMILES string of the molecule is CC(=O)N1C=Cc2ccccc2C1CC(=O)NCC1(C)CCNCC1.Cl. The highest BCUT2D eigenvalue weighted by molar-refractivity contribution is 5.85. The molecule has 1 aromatic carbocycles. The van der Waals surface area contributed by atoms with Crippen molar-refractivity contribution in [2.24, 2.45) is 5.41 Å². The zero-order chi connectivity index (χ0) is 17.9. The number of piperidine rings is 1. The van der Waals surface area contributed by atoms with Gasteiger partial charge in [0.25, 0.3) is 0 Å². The molecular weight excluding hydrogens is 350 g/mol. The van der Waals surface area contributed by atoms with Crippen LogP contribution in [-0.4, -0.2) is 36.3 Å². The molecule has 2 aliphatic heterocycles. The van der Waals surface area contributed by atoms with Gasteiger partial charge in [0.15, 0.2) is 0 Å². The molecule has 1 saturated heterocycles. The largest absolute Gasteiger partial charge is 0.355 e. The van der Waals surface area contributed by atoms with E-state index in [1.807, 2.05) is 30.3 Å². The molecule has 0 aliphatic carbocycles. The molecule has 2 amide bonds. The molecule has 0 radical (unpaired) electrons. The first-order valence-electron chi connectivity index (χ1n) is 9.02. The van der Waals surface area contributed by atoms with Crippen LogP contribution in [0.5, 0.6) is 0 Å². The smallest absolute Gasteiger partial charge is 0.223 e. The third-order valence-corrected chi connectivity index (χ3v) is 5.37. The first kappa shape index (κ1) is 20.5. The maximum Gasteiger partial charge on any atom is 0.223 e. The van der Waals surface area contributed by atoms with Crippen molar-refractivity contribution < 1.29 is 9.59 Å². The Morgan fingerprint density at radius 1 is 1.27 bits per heavy atom. The Bertz CT molecular complexity index is 683. The van der Waals surface area contributed by atoms with Gasteiger partial charge in [-0.15, -0.1) is 12.4 Å². The van der Waals surface area contributed by atoms with Crippen molar-refractivity contribution in [1.29, 1.82) is 0 Å². The third kappa shape index (κ3) is 4.65. The Balaban J connectivity index is 0.00000243. The number of carbonyl (C=O) groups is 2. The van der Waals surface area contributed by atoms with Crippen LogP contribution in [0.25, 0.3) is 6.08 Å². The molecule has 6 heteroatoms. The number of benzene rings is 1. The number of halogens is 1. The summed E-state index contributed by atoms with van der Waals surface area (Å²) in [4.78, 5) is 26.2. The van der Waals surface area contributed by atoms with Gasteiger partial charge in [0.1, 0.15) is 0 Å². The fourth-order valence-electron chi connectivity index (χ4n) is 3.68. The summed E-state index contributed by atoms with van der Waals surface area (Å²) in [6.07, 6.45) is 6.15. The molecule has 0 bridgehead atoms. The van der Waals surface area contributed by atoms with Gasteiger partial charge < -0.3 is 15.5 Å². The lowest BCUT2D eigenvalue weighted by molar-refractivity contribution is -0.130. The van der Waals surface area contributed by atoms with E-state index >= 15 is 0 Å². The Morgan fingerprint density at radius 3 is 2.65 bits per heavy atom. The lowest BCUT2D eigenvalue weighted by atomic mass is 9.81. The Kier molecular flexibility index (Phi) is 6.84. The highest BCUT2D eigenvalue weighted by Gasteiger charge is 2.30. The van der Waals surface area contributed by atoms with Crippen molar-refractivity contribution in [3.63, 3.8) is 0 Å². The maximum atomic E-state index is 12.6. The number of hydrogen-bond donors (Lipinski definition) is 2. The van der Waals surface area contributed by atoms with Crippen molar-refractivity contribution in [3.8, 4) is 0 Å². The van der Waals surface area contributed by atoms with Crippen LogP contribution in [0.15, 0.2) is 30.5 Å². The van der Waals surface area contributed by atoms with E-state index in [1.165, 1.54) is 0 Å². The number of nitrogens with zero attached hydrogens (tertiary/aromatic N) is 1. The fourth-order valence-corrected chi connectivity index (χ4v) is 3.68. The fraction of sp³-hybridized carbons (Fsp3) is 0.500. The van der Waals surface area contributed by atoms with Gasteiger partial charge in [0.2, 0.25) is 11.8 Å². The van der Waals surface area contributed by atoms with Crippen LogP contribution < -0.4 is 10.6 Å². The van der Waals surface area contributed by atoms with E-state index < -0.39 is 0 Å². The number of carbonyl (C=O) groups excluding carboxylic acids is 2. The molecule has 0 aromatic heterocycles. The molecule has 1 fully saturated rings. The van der Waals surface area contributed by atoms with Crippen LogP contribution in [0.4, 0.5) is 0 Å². The zero-order valence-corrected chi connectivity index (χ0v) is 16.3. The predicted octanol–water partition coefficient (Wildman–Crippen LogP) is 2.88. The minimum Gasteiger partial charge on any atom is -0.355 e. The zero-order valence-electron chi connectivity index (χ0n) is 15.5. The summed E-state index contributed by atoms with van der Waals surface area (Å²) in [7, 11) is 0. The van der Waals surface area contributed by atoms with Crippen LogP contribution >= 0.6 is 12.4 Å². The van der Waals surface area contributed by atoms with Crippen LogP contribution in [-0.2, 0) is 9.59 Å². The van der Waals surface area contributed by atoms with Gasteiger partial charge in [0.05, 0.1) is 12.5 Å². The lowest BCUT2D eigenvalue weighted by Gasteiger charge is -2.35. The molecule has 2 aliphatic rings. The van der Waals surface area contributed by atoms with Gasteiger partial charge in [-0.05, 0) is 48.5 Å². The summed E-state index contributed by atoms with van der Waals surface area (Å²) in [6, 6.07) is 7.71. The van der Waals surface area contributed by atoms with Crippen LogP contribution in [0.1, 0.15) is 50.3 Å². The van der Waals surface area contributed by atoms with Gasteiger partial charge >= 0.3 is 0 Å². The molecule has 5 nitrogen and oxygen atoms in total. The van der Waals surface area contributed by atoms with Crippen LogP contribution in [0.3, 0.4) is 0 Å². The summed E-state index contributed by atoms with van der Waals surface area (Å²) in [6.45, 7) is 6.47.